The molecule has 1 saturated heterocycles. The van der Waals surface area contributed by atoms with Gasteiger partial charge in [-0.05, 0) is 31.9 Å². The summed E-state index contributed by atoms with van der Waals surface area (Å²) in [6.07, 6.45) is 6.88. The van der Waals surface area contributed by atoms with Gasteiger partial charge in [0.05, 0.1) is 29.3 Å². The second-order valence-electron chi connectivity index (χ2n) is 6.95. The first-order valence-corrected chi connectivity index (χ1v) is 9.52. The number of hydrogen-bond donors (Lipinski definition) is 2. The lowest BCUT2D eigenvalue weighted by Gasteiger charge is -2.34. The van der Waals surface area contributed by atoms with Gasteiger partial charge in [-0.15, -0.1) is 0 Å². The Hall–Kier alpha value is -3.16. The van der Waals surface area contributed by atoms with Crippen molar-refractivity contribution in [2.24, 2.45) is 0 Å². The zero-order valence-electron chi connectivity index (χ0n) is 15.7. The van der Waals surface area contributed by atoms with E-state index in [-0.39, 0.29) is 17.8 Å². The molecule has 2 N–H and O–H groups in total. The molecule has 1 unspecified atom stereocenters. The normalized spacial score (nSPS) is 16.9. The van der Waals surface area contributed by atoms with Crippen molar-refractivity contribution in [2.45, 2.75) is 32.4 Å². The molecule has 0 saturated carbocycles. The molecule has 1 amide bonds. The summed E-state index contributed by atoms with van der Waals surface area (Å²) in [5.74, 6) is -0.423. The Balaban J connectivity index is 1.47. The number of carbonyl (C=O) groups excluding carboxylic acids is 1. The highest BCUT2D eigenvalue weighted by Gasteiger charge is 2.25. The lowest BCUT2D eigenvalue weighted by atomic mass is 10.0. The minimum atomic E-state index is -0.237. The summed E-state index contributed by atoms with van der Waals surface area (Å²) in [6.45, 7) is 4.11. The number of aromatic amines is 1. The third-order valence-corrected chi connectivity index (χ3v) is 5.08. The number of nitrogens with zero attached hydrogens (tertiary/aromatic N) is 4. The largest absolute Gasteiger partial charge is 0.367 e. The molecule has 1 aliphatic heterocycles. The van der Waals surface area contributed by atoms with E-state index in [2.05, 4.69) is 20.6 Å². The Morgan fingerprint density at radius 1 is 1.36 bits per heavy atom. The second kappa shape index (κ2) is 7.84. The fourth-order valence-electron chi connectivity index (χ4n) is 3.63. The first kappa shape index (κ1) is 18.2. The molecule has 3 heterocycles. The minimum absolute atomic E-state index is 0.0537. The molecule has 146 valence electrons. The van der Waals surface area contributed by atoms with Gasteiger partial charge < -0.3 is 10.2 Å². The van der Waals surface area contributed by atoms with Gasteiger partial charge in [0.2, 0.25) is 0 Å². The first-order chi connectivity index (χ1) is 13.7. The van der Waals surface area contributed by atoms with Crippen molar-refractivity contribution >= 4 is 11.6 Å². The fourth-order valence-corrected chi connectivity index (χ4v) is 3.63. The van der Waals surface area contributed by atoms with Gasteiger partial charge in [-0.25, -0.2) is 4.39 Å². The second-order valence-corrected chi connectivity index (χ2v) is 6.95. The maximum absolute atomic E-state index is 14.1. The number of hydrogen-bond acceptors (Lipinski definition) is 4. The lowest BCUT2D eigenvalue weighted by Crippen LogP contribution is -2.48. The van der Waals surface area contributed by atoms with E-state index >= 15 is 0 Å². The number of nitrogens with one attached hydrogen (secondary N) is 2. The predicted molar refractivity (Wildman–Crippen MR) is 105 cm³/mol. The topological polar surface area (TPSA) is 78.8 Å². The molecular formula is C20H23FN6O. The molecule has 3 aromatic rings. The van der Waals surface area contributed by atoms with E-state index in [1.807, 2.05) is 24.1 Å². The van der Waals surface area contributed by atoms with E-state index < -0.39 is 0 Å². The third-order valence-electron chi connectivity index (χ3n) is 5.08. The smallest absolute Gasteiger partial charge is 0.255 e. The van der Waals surface area contributed by atoms with Gasteiger partial charge in [-0.1, -0.05) is 12.1 Å². The number of rotatable bonds is 5. The summed E-state index contributed by atoms with van der Waals surface area (Å²) >= 11 is 0. The number of benzene rings is 1. The minimum Gasteiger partial charge on any atom is -0.367 e. The van der Waals surface area contributed by atoms with E-state index in [0.717, 1.165) is 31.5 Å². The van der Waals surface area contributed by atoms with E-state index in [9.17, 15) is 9.18 Å². The molecular weight excluding hydrogens is 359 g/mol. The highest BCUT2D eigenvalue weighted by Crippen LogP contribution is 2.24. The van der Waals surface area contributed by atoms with Crippen LogP contribution < -0.4 is 10.2 Å². The quantitative estimate of drug-likeness (QED) is 0.711. The molecule has 0 bridgehead atoms. The van der Waals surface area contributed by atoms with Crippen molar-refractivity contribution < 1.29 is 9.18 Å². The molecule has 0 radical (unpaired) electrons. The summed E-state index contributed by atoms with van der Waals surface area (Å²) in [7, 11) is 0. The van der Waals surface area contributed by atoms with Crippen LogP contribution in [0.1, 0.15) is 30.1 Å². The van der Waals surface area contributed by atoms with Crippen LogP contribution in [0.4, 0.5) is 10.1 Å². The average molecular weight is 382 g/mol. The highest BCUT2D eigenvalue weighted by molar-refractivity contribution is 5.99. The Kier molecular flexibility index (Phi) is 5.10. The monoisotopic (exact) mass is 382 g/mol. The maximum atomic E-state index is 14.1. The van der Waals surface area contributed by atoms with E-state index in [1.54, 1.807) is 23.0 Å². The number of halogens is 1. The van der Waals surface area contributed by atoms with Gasteiger partial charge in [-0.2, -0.15) is 10.2 Å². The average Bonchev–Trinajstić information content (AvgIpc) is 3.37. The Labute approximate surface area is 162 Å². The molecule has 1 aliphatic rings. The van der Waals surface area contributed by atoms with Gasteiger partial charge >= 0.3 is 0 Å². The number of carbonyl (C=O) groups is 1. The van der Waals surface area contributed by atoms with Crippen LogP contribution in [0.5, 0.6) is 0 Å². The van der Waals surface area contributed by atoms with Crippen molar-refractivity contribution in [1.29, 1.82) is 0 Å². The fraction of sp³-hybridized carbons (Fsp3) is 0.350. The van der Waals surface area contributed by atoms with Crippen LogP contribution >= 0.6 is 0 Å². The Bertz CT molecular complexity index is 965. The van der Waals surface area contributed by atoms with Crippen LogP contribution in [0, 0.1) is 5.82 Å². The van der Waals surface area contributed by atoms with Crippen molar-refractivity contribution in [3.05, 3.63) is 54.2 Å². The summed E-state index contributed by atoms with van der Waals surface area (Å²) < 4.78 is 15.9. The molecule has 0 aliphatic carbocycles. The Morgan fingerprint density at radius 3 is 3.00 bits per heavy atom. The standard InChI is InChI=1S/C20H23FN6O/c1-2-27-12-14(10-23-27)19-16(11-22-25-19)20(28)24-15-6-5-9-26(13-15)18-8-4-3-7-17(18)21/h3-4,7-8,10-12,15H,2,5-6,9,13H2,1H3,(H,22,25)(H,24,28). The molecule has 0 spiro atoms. The zero-order chi connectivity index (χ0) is 19.5. The van der Waals surface area contributed by atoms with Crippen molar-refractivity contribution in [1.82, 2.24) is 25.3 Å². The van der Waals surface area contributed by atoms with Crippen molar-refractivity contribution in [3.8, 4) is 11.3 Å². The van der Waals surface area contributed by atoms with Crippen molar-refractivity contribution in [2.75, 3.05) is 18.0 Å². The molecule has 1 atom stereocenters. The number of anilines is 1. The van der Waals surface area contributed by atoms with E-state index in [4.69, 9.17) is 0 Å². The van der Waals surface area contributed by atoms with Crippen LogP contribution in [-0.2, 0) is 6.54 Å². The molecule has 1 aromatic carbocycles. The summed E-state index contributed by atoms with van der Waals surface area (Å²) in [5, 5.41) is 14.3. The predicted octanol–water partition coefficient (Wildman–Crippen LogP) is 2.83. The first-order valence-electron chi connectivity index (χ1n) is 9.52. The molecule has 2 aromatic heterocycles. The van der Waals surface area contributed by atoms with Gasteiger partial charge in [0, 0.05) is 37.4 Å². The van der Waals surface area contributed by atoms with Gasteiger partial charge in [0.25, 0.3) is 5.91 Å². The number of para-hydroxylation sites is 1. The molecule has 7 nitrogen and oxygen atoms in total. The highest BCUT2D eigenvalue weighted by atomic mass is 19.1. The summed E-state index contributed by atoms with van der Waals surface area (Å²) in [5.41, 5.74) is 2.54. The van der Waals surface area contributed by atoms with Crippen LogP contribution in [0.2, 0.25) is 0 Å². The van der Waals surface area contributed by atoms with E-state index in [1.165, 1.54) is 12.3 Å². The number of piperidine rings is 1. The van der Waals surface area contributed by atoms with Crippen molar-refractivity contribution in [3.63, 3.8) is 0 Å². The van der Waals surface area contributed by atoms with Gasteiger partial charge in [0.1, 0.15) is 5.82 Å². The van der Waals surface area contributed by atoms with E-state index in [0.29, 0.717) is 23.5 Å². The zero-order valence-corrected chi connectivity index (χ0v) is 15.7. The maximum Gasteiger partial charge on any atom is 0.255 e. The number of amides is 1. The molecule has 8 heteroatoms. The lowest BCUT2D eigenvalue weighted by molar-refractivity contribution is 0.0934. The molecule has 4 rings (SSSR count). The van der Waals surface area contributed by atoms with Gasteiger partial charge in [0.15, 0.2) is 0 Å². The van der Waals surface area contributed by atoms with Crippen LogP contribution in [-0.4, -0.2) is 45.0 Å². The molecule has 28 heavy (non-hydrogen) atoms. The van der Waals surface area contributed by atoms with Gasteiger partial charge in [-0.3, -0.25) is 14.6 Å². The summed E-state index contributed by atoms with van der Waals surface area (Å²) in [4.78, 5) is 14.9. The number of aromatic nitrogens is 4. The third kappa shape index (κ3) is 3.62. The Morgan fingerprint density at radius 2 is 2.21 bits per heavy atom. The number of H-pyrrole nitrogens is 1. The van der Waals surface area contributed by atoms with Crippen LogP contribution in [0.25, 0.3) is 11.3 Å². The van der Waals surface area contributed by atoms with Crippen LogP contribution in [0.3, 0.4) is 0 Å². The SMILES string of the molecule is CCn1cc(-c2[nH]ncc2C(=O)NC2CCCN(c3ccccc3F)C2)cn1. The number of aryl methyl sites for hydroxylation is 1. The van der Waals surface area contributed by atoms with Crippen LogP contribution in [0.15, 0.2) is 42.9 Å². The summed E-state index contributed by atoms with van der Waals surface area (Å²) in [6, 6.07) is 6.70. The molecule has 1 fully saturated rings.